The van der Waals surface area contributed by atoms with E-state index < -0.39 is 0 Å². The van der Waals surface area contributed by atoms with Crippen LogP contribution in [-0.4, -0.2) is 45.4 Å². The molecular weight excluding hydrogens is 530 g/mol. The second-order valence-electron chi connectivity index (χ2n) is 8.64. The molecule has 3 aromatic rings. The summed E-state index contributed by atoms with van der Waals surface area (Å²) in [5.74, 6) is -0.566. The summed E-state index contributed by atoms with van der Waals surface area (Å²) in [6, 6.07) is 24.2. The van der Waals surface area contributed by atoms with E-state index in [1.807, 2.05) is 73.7 Å². The molecule has 198 valence electrons. The first-order valence-electron chi connectivity index (χ1n) is 12.2. The maximum Gasteiger partial charge on any atom is 0.261 e. The van der Waals surface area contributed by atoms with Gasteiger partial charge in [0.2, 0.25) is 0 Å². The number of carbonyl (C=O) groups is 2. The number of thiocarbonyl (C=S) groups is 2. The van der Waals surface area contributed by atoms with Crippen molar-refractivity contribution < 1.29 is 9.59 Å². The zero-order chi connectivity index (χ0) is 27.6. The maximum atomic E-state index is 12.8. The molecule has 9 nitrogen and oxygen atoms in total. The lowest BCUT2D eigenvalue weighted by atomic mass is 10.1. The van der Waals surface area contributed by atoms with Crippen LogP contribution in [0.25, 0.3) is 0 Å². The number of nitrogens with zero attached hydrogens (tertiary/aromatic N) is 3. The number of hydrazone groups is 2. The molecule has 0 atom stereocenters. The van der Waals surface area contributed by atoms with Gasteiger partial charge in [-0.05, 0) is 80.6 Å². The highest BCUT2D eigenvalue weighted by atomic mass is 32.1. The minimum Gasteiger partial charge on any atom is -0.331 e. The molecule has 0 aliphatic carbocycles. The fraction of sp³-hybridized carbons (Fsp3) is 0.143. The molecule has 0 bridgehead atoms. The predicted molar refractivity (Wildman–Crippen MR) is 163 cm³/mol. The van der Waals surface area contributed by atoms with Crippen molar-refractivity contribution in [3.63, 3.8) is 0 Å². The second kappa shape index (κ2) is 13.4. The van der Waals surface area contributed by atoms with Crippen molar-refractivity contribution in [2.24, 2.45) is 10.2 Å². The normalized spacial score (nSPS) is 12.8. The second-order valence-corrected chi connectivity index (χ2v) is 9.46. The van der Waals surface area contributed by atoms with E-state index in [-0.39, 0.29) is 18.4 Å². The molecule has 0 fully saturated rings. The van der Waals surface area contributed by atoms with E-state index in [2.05, 4.69) is 31.7 Å². The van der Waals surface area contributed by atoms with Crippen LogP contribution in [0.3, 0.4) is 0 Å². The zero-order valence-corrected chi connectivity index (χ0v) is 22.8. The monoisotopic (exact) mass is 557 g/mol. The smallest absolute Gasteiger partial charge is 0.261 e. The summed E-state index contributed by atoms with van der Waals surface area (Å²) in [7, 11) is 0. The van der Waals surface area contributed by atoms with Crippen LogP contribution in [0.4, 0.5) is 11.4 Å². The first-order valence-corrected chi connectivity index (χ1v) is 13.0. The summed E-state index contributed by atoms with van der Waals surface area (Å²) in [4.78, 5) is 26.8. The Hall–Kier alpha value is -4.48. The molecule has 0 saturated heterocycles. The van der Waals surface area contributed by atoms with Gasteiger partial charge in [-0.2, -0.15) is 10.2 Å². The van der Waals surface area contributed by atoms with Crippen molar-refractivity contribution >= 4 is 69.8 Å². The number of anilines is 2. The number of carbonyl (C=O) groups excluding carboxylic acids is 2. The first-order chi connectivity index (χ1) is 18.9. The number of nitrogens with one attached hydrogen (secondary N) is 4. The fourth-order valence-corrected chi connectivity index (χ4v) is 4.16. The van der Waals surface area contributed by atoms with E-state index in [9.17, 15) is 9.59 Å². The number of benzene rings is 3. The van der Waals surface area contributed by atoms with E-state index in [1.165, 1.54) is 11.1 Å². The number of aryl methyl sites for hydroxylation is 1. The van der Waals surface area contributed by atoms with Crippen LogP contribution < -0.4 is 21.5 Å². The van der Waals surface area contributed by atoms with Gasteiger partial charge in [0.15, 0.2) is 10.2 Å². The molecule has 39 heavy (non-hydrogen) atoms. The van der Waals surface area contributed by atoms with Crippen LogP contribution in [-0.2, 0) is 0 Å². The lowest BCUT2D eigenvalue weighted by Gasteiger charge is -2.13. The number of para-hydroxylation sites is 2. The largest absolute Gasteiger partial charge is 0.331 e. The van der Waals surface area contributed by atoms with Gasteiger partial charge in [-0.15, -0.1) is 0 Å². The van der Waals surface area contributed by atoms with Gasteiger partial charge < -0.3 is 10.6 Å². The lowest BCUT2D eigenvalue weighted by Crippen LogP contribution is -2.31. The number of amides is 2. The highest BCUT2D eigenvalue weighted by Crippen LogP contribution is 2.24. The summed E-state index contributed by atoms with van der Waals surface area (Å²) in [6.07, 6.45) is 2.41. The molecule has 0 aromatic heterocycles. The standard InChI is InChI=1S/C28H27N7O2S2/c1-19-14-15-23-24(17-19)26(37)35(25(23)36)16-8-13-22(32-34-28(39)31-21-11-6-3-7-12-21)18-29-33-27(38)30-20-9-4-2-5-10-20/h2-7,9-12,14-15,17-18H,8,13,16H2,1H3,(H2,30,33,38)(H2,31,34,39)/b29-18+,32-22+. The third-order valence-electron chi connectivity index (χ3n) is 5.68. The van der Waals surface area contributed by atoms with Gasteiger partial charge in [-0.25, -0.2) is 0 Å². The predicted octanol–water partition coefficient (Wildman–Crippen LogP) is 4.69. The van der Waals surface area contributed by atoms with Gasteiger partial charge in [0.25, 0.3) is 11.8 Å². The third-order valence-corrected chi connectivity index (χ3v) is 6.07. The minimum absolute atomic E-state index is 0.242. The lowest BCUT2D eigenvalue weighted by molar-refractivity contribution is 0.0653. The van der Waals surface area contributed by atoms with Crippen molar-refractivity contribution in [1.29, 1.82) is 0 Å². The summed E-state index contributed by atoms with van der Waals surface area (Å²) in [5, 5.41) is 15.3. The third kappa shape index (κ3) is 7.76. The summed E-state index contributed by atoms with van der Waals surface area (Å²) in [6.45, 7) is 2.13. The molecule has 2 amide bonds. The first kappa shape index (κ1) is 27.6. The Morgan fingerprint density at radius 3 is 2.05 bits per heavy atom. The highest BCUT2D eigenvalue weighted by Gasteiger charge is 2.34. The topological polar surface area (TPSA) is 110 Å². The Morgan fingerprint density at radius 1 is 0.821 bits per heavy atom. The molecule has 1 heterocycles. The van der Waals surface area contributed by atoms with Crippen LogP contribution >= 0.6 is 24.4 Å². The Kier molecular flexibility index (Phi) is 9.44. The molecule has 0 unspecified atom stereocenters. The molecule has 4 N–H and O–H groups in total. The summed E-state index contributed by atoms with van der Waals surface area (Å²) >= 11 is 10.6. The molecule has 1 aliphatic rings. The van der Waals surface area contributed by atoms with Gasteiger partial charge >= 0.3 is 0 Å². The van der Waals surface area contributed by atoms with E-state index in [0.717, 1.165) is 16.9 Å². The number of fused-ring (bicyclic) bond motifs is 1. The molecule has 0 radical (unpaired) electrons. The Labute approximate surface area is 237 Å². The van der Waals surface area contributed by atoms with Crippen molar-refractivity contribution in [3.05, 3.63) is 95.6 Å². The van der Waals surface area contributed by atoms with Crippen LogP contribution in [0.15, 0.2) is 89.1 Å². The maximum absolute atomic E-state index is 12.8. The van der Waals surface area contributed by atoms with Crippen molar-refractivity contribution in [2.45, 2.75) is 19.8 Å². The zero-order valence-electron chi connectivity index (χ0n) is 21.2. The van der Waals surface area contributed by atoms with Gasteiger partial charge in [0, 0.05) is 17.9 Å². The molecule has 1 aliphatic heterocycles. The van der Waals surface area contributed by atoms with Gasteiger partial charge in [0.1, 0.15) is 0 Å². The van der Waals surface area contributed by atoms with E-state index in [1.54, 1.807) is 12.1 Å². The molecule has 11 heteroatoms. The average molecular weight is 558 g/mol. The fourth-order valence-electron chi connectivity index (χ4n) is 3.82. The number of hydrogen-bond acceptors (Lipinski definition) is 6. The Bertz CT molecular complexity index is 1430. The van der Waals surface area contributed by atoms with Gasteiger partial charge in [-0.1, -0.05) is 48.0 Å². The van der Waals surface area contributed by atoms with E-state index in [4.69, 9.17) is 24.4 Å². The highest BCUT2D eigenvalue weighted by molar-refractivity contribution is 7.80. The number of hydrogen-bond donors (Lipinski definition) is 4. The molecule has 0 spiro atoms. The van der Waals surface area contributed by atoms with Crippen molar-refractivity contribution in [2.75, 3.05) is 17.2 Å². The molecule has 0 saturated carbocycles. The molecule has 3 aromatic carbocycles. The van der Waals surface area contributed by atoms with Crippen LogP contribution in [0, 0.1) is 6.92 Å². The van der Waals surface area contributed by atoms with Crippen molar-refractivity contribution in [1.82, 2.24) is 15.8 Å². The Morgan fingerprint density at radius 2 is 1.41 bits per heavy atom. The quantitative estimate of drug-likeness (QED) is 0.130. The molecule has 4 rings (SSSR count). The van der Waals surface area contributed by atoms with E-state index in [0.29, 0.717) is 39.9 Å². The van der Waals surface area contributed by atoms with E-state index >= 15 is 0 Å². The summed E-state index contributed by atoms with van der Waals surface area (Å²) < 4.78 is 0. The minimum atomic E-state index is -0.285. The number of rotatable bonds is 9. The SMILES string of the molecule is Cc1ccc2c(c1)C(=O)N(CCCC(/C=N/NC(=S)Nc1ccccc1)=N\NC(=S)Nc1ccccc1)C2=O. The van der Waals surface area contributed by atoms with Crippen LogP contribution in [0.2, 0.25) is 0 Å². The van der Waals surface area contributed by atoms with Crippen molar-refractivity contribution in [3.8, 4) is 0 Å². The van der Waals surface area contributed by atoms with Gasteiger partial charge in [0.05, 0.1) is 23.1 Å². The molecular formula is C28H27N7O2S2. The summed E-state index contributed by atoms with van der Waals surface area (Å²) in [5.41, 5.74) is 9.58. The van der Waals surface area contributed by atoms with Crippen LogP contribution in [0.5, 0.6) is 0 Å². The Balaban J connectivity index is 1.37. The average Bonchev–Trinajstić information content (AvgIpc) is 3.16. The number of imide groups is 1. The van der Waals surface area contributed by atoms with Gasteiger partial charge in [-0.3, -0.25) is 25.3 Å². The van der Waals surface area contributed by atoms with Crippen LogP contribution in [0.1, 0.15) is 39.1 Å².